The van der Waals surface area contributed by atoms with E-state index in [1.54, 1.807) is 0 Å². The Labute approximate surface area is 118 Å². The van der Waals surface area contributed by atoms with Crippen LogP contribution < -0.4 is 5.43 Å². The molecule has 0 aromatic heterocycles. The van der Waals surface area contributed by atoms with Gasteiger partial charge in [-0.1, -0.05) is 12.1 Å². The summed E-state index contributed by atoms with van der Waals surface area (Å²) >= 11 is 0. The van der Waals surface area contributed by atoms with E-state index in [0.717, 1.165) is 0 Å². The molecule has 9 heteroatoms. The average Bonchev–Trinajstić information content (AvgIpc) is 2.42. The van der Waals surface area contributed by atoms with E-state index in [2.05, 4.69) is 0 Å². The fourth-order valence-corrected chi connectivity index (χ4v) is 1.46. The number of hydrazine groups is 1. The zero-order chi connectivity index (χ0) is 16.0. The van der Waals surface area contributed by atoms with Crippen molar-refractivity contribution in [2.45, 2.75) is 6.42 Å². The third kappa shape index (κ3) is 4.49. The van der Waals surface area contributed by atoms with Crippen LogP contribution in [0.3, 0.4) is 0 Å². The number of carbonyl (C=O) groups is 4. The molecule has 21 heavy (non-hydrogen) atoms. The standard InChI is InChI=1S/C12H12N2O7/c15-9(16)5-6-14(12(20)21)13-10(17)7-3-1-2-4-8(7)11(18)19/h1-4H,5-6H2,(H,13,17)(H,15,16)(H,18,19)(H,20,21). The molecule has 0 aliphatic heterocycles. The predicted octanol–water partition coefficient (Wildman–Crippen LogP) is 0.484. The fourth-order valence-electron chi connectivity index (χ4n) is 1.46. The third-order valence-corrected chi connectivity index (χ3v) is 2.42. The molecule has 0 radical (unpaired) electrons. The summed E-state index contributed by atoms with van der Waals surface area (Å²) in [5.74, 6) is -3.53. The van der Waals surface area contributed by atoms with Crippen molar-refractivity contribution in [3.8, 4) is 0 Å². The molecule has 1 aromatic carbocycles. The molecule has 112 valence electrons. The van der Waals surface area contributed by atoms with Gasteiger partial charge in [0.1, 0.15) is 0 Å². The van der Waals surface area contributed by atoms with E-state index in [-0.39, 0.29) is 11.1 Å². The van der Waals surface area contributed by atoms with Crippen molar-refractivity contribution in [1.82, 2.24) is 10.4 Å². The molecular formula is C12H12N2O7. The summed E-state index contributed by atoms with van der Waals surface area (Å²) in [5.41, 5.74) is 1.43. The lowest BCUT2D eigenvalue weighted by molar-refractivity contribution is -0.137. The SMILES string of the molecule is O=C(O)CCN(NC(=O)c1ccccc1C(=O)O)C(=O)O. The van der Waals surface area contributed by atoms with E-state index < -0.39 is 36.9 Å². The van der Waals surface area contributed by atoms with Gasteiger partial charge in [-0.25, -0.2) is 14.6 Å². The topological polar surface area (TPSA) is 144 Å². The summed E-state index contributed by atoms with van der Waals surface area (Å²) in [7, 11) is 0. The number of amides is 2. The molecule has 4 N–H and O–H groups in total. The van der Waals surface area contributed by atoms with Crippen LogP contribution in [0.2, 0.25) is 0 Å². The Bertz CT molecular complexity index is 585. The largest absolute Gasteiger partial charge is 0.481 e. The molecule has 1 aromatic rings. The predicted molar refractivity (Wildman–Crippen MR) is 67.9 cm³/mol. The van der Waals surface area contributed by atoms with E-state index in [1.165, 1.54) is 24.3 Å². The van der Waals surface area contributed by atoms with E-state index in [4.69, 9.17) is 15.3 Å². The number of nitrogens with one attached hydrogen (secondary N) is 1. The Hall–Kier alpha value is -3.10. The van der Waals surface area contributed by atoms with E-state index in [1.807, 2.05) is 5.43 Å². The summed E-state index contributed by atoms with van der Waals surface area (Å²) in [4.78, 5) is 44.2. The smallest absolute Gasteiger partial charge is 0.426 e. The highest BCUT2D eigenvalue weighted by Gasteiger charge is 2.20. The number of carboxylic acid groups (broad SMARTS) is 3. The Morgan fingerprint density at radius 1 is 1.00 bits per heavy atom. The number of rotatable bonds is 5. The first-order chi connectivity index (χ1) is 9.82. The Kier molecular flexibility index (Phi) is 5.24. The Balaban J connectivity index is 2.90. The van der Waals surface area contributed by atoms with Crippen LogP contribution in [0.15, 0.2) is 24.3 Å². The first kappa shape index (κ1) is 16.0. The minimum Gasteiger partial charge on any atom is -0.481 e. The molecule has 0 fully saturated rings. The van der Waals surface area contributed by atoms with Crippen LogP contribution in [-0.2, 0) is 4.79 Å². The number of hydrogen-bond donors (Lipinski definition) is 4. The first-order valence-electron chi connectivity index (χ1n) is 5.68. The Morgan fingerprint density at radius 2 is 1.57 bits per heavy atom. The second-order valence-corrected chi connectivity index (χ2v) is 3.87. The van der Waals surface area contributed by atoms with Gasteiger partial charge in [0.05, 0.1) is 24.1 Å². The van der Waals surface area contributed by atoms with Gasteiger partial charge in [0, 0.05) is 0 Å². The number of aliphatic carboxylic acids is 1. The van der Waals surface area contributed by atoms with Crippen LogP contribution >= 0.6 is 0 Å². The first-order valence-corrected chi connectivity index (χ1v) is 5.68. The molecule has 0 aliphatic carbocycles. The van der Waals surface area contributed by atoms with Crippen molar-refractivity contribution < 1.29 is 34.5 Å². The molecule has 0 heterocycles. The number of nitrogens with zero attached hydrogens (tertiary/aromatic N) is 1. The van der Waals surface area contributed by atoms with E-state index in [0.29, 0.717) is 5.01 Å². The van der Waals surface area contributed by atoms with Crippen molar-refractivity contribution in [1.29, 1.82) is 0 Å². The second kappa shape index (κ2) is 6.89. The number of carbonyl (C=O) groups excluding carboxylic acids is 1. The molecule has 9 nitrogen and oxygen atoms in total. The van der Waals surface area contributed by atoms with Crippen molar-refractivity contribution in [2.75, 3.05) is 6.54 Å². The zero-order valence-electron chi connectivity index (χ0n) is 10.6. The van der Waals surface area contributed by atoms with Gasteiger partial charge in [0.2, 0.25) is 0 Å². The number of benzene rings is 1. The molecular weight excluding hydrogens is 284 g/mol. The van der Waals surface area contributed by atoms with E-state index in [9.17, 15) is 19.2 Å². The van der Waals surface area contributed by atoms with Gasteiger partial charge in [-0.05, 0) is 12.1 Å². The second-order valence-electron chi connectivity index (χ2n) is 3.87. The third-order valence-electron chi connectivity index (χ3n) is 2.42. The molecule has 0 aliphatic rings. The van der Waals surface area contributed by atoms with Gasteiger partial charge in [-0.3, -0.25) is 15.0 Å². The van der Waals surface area contributed by atoms with Gasteiger partial charge in [0.15, 0.2) is 0 Å². The van der Waals surface area contributed by atoms with Crippen LogP contribution in [0.1, 0.15) is 27.1 Å². The van der Waals surface area contributed by atoms with Gasteiger partial charge in [0.25, 0.3) is 5.91 Å². The minimum atomic E-state index is -1.56. The van der Waals surface area contributed by atoms with Crippen molar-refractivity contribution in [2.24, 2.45) is 0 Å². The Morgan fingerprint density at radius 3 is 2.05 bits per heavy atom. The molecule has 2 amide bonds. The normalized spacial score (nSPS) is 9.71. The van der Waals surface area contributed by atoms with Crippen LogP contribution in [-0.4, -0.2) is 50.8 Å². The molecule has 0 bridgehead atoms. The quantitative estimate of drug-likeness (QED) is 0.578. The lowest BCUT2D eigenvalue weighted by atomic mass is 10.1. The number of aromatic carboxylic acids is 1. The van der Waals surface area contributed by atoms with Crippen LogP contribution in [0.4, 0.5) is 4.79 Å². The maximum atomic E-state index is 11.9. The fraction of sp³-hybridized carbons (Fsp3) is 0.167. The summed E-state index contributed by atoms with van der Waals surface area (Å²) in [5, 5.41) is 26.7. The lowest BCUT2D eigenvalue weighted by Crippen LogP contribution is -2.46. The van der Waals surface area contributed by atoms with Crippen molar-refractivity contribution >= 4 is 23.9 Å². The monoisotopic (exact) mass is 296 g/mol. The highest BCUT2D eigenvalue weighted by Crippen LogP contribution is 2.09. The summed E-state index contributed by atoms with van der Waals surface area (Å²) < 4.78 is 0. The van der Waals surface area contributed by atoms with Crippen LogP contribution in [0.5, 0.6) is 0 Å². The molecule has 0 saturated carbocycles. The highest BCUT2D eigenvalue weighted by atomic mass is 16.4. The number of carboxylic acids is 2. The van der Waals surface area contributed by atoms with Crippen molar-refractivity contribution in [3.63, 3.8) is 0 Å². The zero-order valence-corrected chi connectivity index (χ0v) is 10.6. The summed E-state index contributed by atoms with van der Waals surface area (Å²) in [6.07, 6.45) is -2.06. The van der Waals surface area contributed by atoms with Gasteiger partial charge in [-0.2, -0.15) is 0 Å². The molecule has 0 unspecified atom stereocenters. The maximum absolute atomic E-state index is 11.9. The highest BCUT2D eigenvalue weighted by molar-refractivity contribution is 6.04. The molecule has 1 rings (SSSR count). The number of hydrogen-bond acceptors (Lipinski definition) is 4. The average molecular weight is 296 g/mol. The lowest BCUT2D eigenvalue weighted by Gasteiger charge is -2.19. The maximum Gasteiger partial charge on any atom is 0.426 e. The molecule has 0 spiro atoms. The van der Waals surface area contributed by atoms with E-state index >= 15 is 0 Å². The summed E-state index contributed by atoms with van der Waals surface area (Å²) in [6.45, 7) is -0.467. The van der Waals surface area contributed by atoms with Gasteiger partial charge in [-0.15, -0.1) is 0 Å². The molecule has 0 atom stereocenters. The van der Waals surface area contributed by atoms with Gasteiger partial charge < -0.3 is 15.3 Å². The van der Waals surface area contributed by atoms with Gasteiger partial charge >= 0.3 is 18.0 Å². The minimum absolute atomic E-state index is 0.230. The molecule has 0 saturated heterocycles. The van der Waals surface area contributed by atoms with Crippen molar-refractivity contribution in [3.05, 3.63) is 35.4 Å². The summed E-state index contributed by atoms with van der Waals surface area (Å²) in [6, 6.07) is 5.25. The van der Waals surface area contributed by atoms with Crippen LogP contribution in [0.25, 0.3) is 0 Å². The van der Waals surface area contributed by atoms with Crippen LogP contribution in [0, 0.1) is 0 Å².